The van der Waals surface area contributed by atoms with Gasteiger partial charge in [-0.15, -0.1) is 0 Å². The first-order valence-electron chi connectivity index (χ1n) is 12.6. The van der Waals surface area contributed by atoms with Gasteiger partial charge in [0.15, 0.2) is 6.61 Å². The van der Waals surface area contributed by atoms with Crippen LogP contribution in [-0.2, 0) is 19.1 Å². The maximum atomic E-state index is 12.3. The molecule has 8 heteroatoms. The zero-order valence-corrected chi connectivity index (χ0v) is 23.3. The minimum absolute atomic E-state index is 0.0374. The fraction of sp³-hybridized carbons (Fsp3) is 0.194. The van der Waals surface area contributed by atoms with Crippen LogP contribution in [0.4, 0.5) is 11.4 Å². The van der Waals surface area contributed by atoms with Crippen LogP contribution in [0, 0.1) is 13.8 Å². The number of benzene rings is 4. The summed E-state index contributed by atoms with van der Waals surface area (Å²) in [6.07, 6.45) is 0.490. The lowest BCUT2D eigenvalue weighted by atomic mass is 10.1. The van der Waals surface area contributed by atoms with E-state index in [2.05, 4.69) is 26.6 Å². The first-order chi connectivity index (χ1) is 18.8. The number of anilines is 2. The number of rotatable bonds is 10. The second kappa shape index (κ2) is 13.1. The number of amides is 2. The van der Waals surface area contributed by atoms with Crippen molar-refractivity contribution < 1.29 is 23.9 Å². The molecule has 0 bridgehead atoms. The number of fused-ring (bicyclic) bond motifs is 1. The molecule has 2 amide bonds. The summed E-state index contributed by atoms with van der Waals surface area (Å²) in [4.78, 5) is 36.5. The first kappa shape index (κ1) is 27.9. The summed E-state index contributed by atoms with van der Waals surface area (Å²) >= 11 is 3.45. The zero-order valence-electron chi connectivity index (χ0n) is 21.8. The van der Waals surface area contributed by atoms with E-state index in [1.54, 1.807) is 30.3 Å². The van der Waals surface area contributed by atoms with Gasteiger partial charge in [-0.1, -0.05) is 46.3 Å². The maximum absolute atomic E-state index is 12.3. The first-order valence-corrected chi connectivity index (χ1v) is 13.4. The molecule has 7 nitrogen and oxygen atoms in total. The summed E-state index contributed by atoms with van der Waals surface area (Å²) in [5.41, 5.74) is 3.25. The number of ether oxygens (including phenoxy) is 2. The van der Waals surface area contributed by atoms with Crippen molar-refractivity contribution in [3.63, 3.8) is 0 Å². The van der Waals surface area contributed by atoms with Gasteiger partial charge in [-0.05, 0) is 90.7 Å². The predicted molar refractivity (Wildman–Crippen MR) is 156 cm³/mol. The summed E-state index contributed by atoms with van der Waals surface area (Å²) in [5, 5.41) is 7.79. The molecule has 0 fully saturated rings. The number of halogens is 1. The van der Waals surface area contributed by atoms with Crippen molar-refractivity contribution in [2.75, 3.05) is 17.2 Å². The van der Waals surface area contributed by atoms with E-state index >= 15 is 0 Å². The van der Waals surface area contributed by atoms with Gasteiger partial charge in [0.05, 0.1) is 0 Å². The molecule has 0 aromatic heterocycles. The van der Waals surface area contributed by atoms with E-state index in [0.717, 1.165) is 32.1 Å². The minimum Gasteiger partial charge on any atom is -0.457 e. The quantitative estimate of drug-likeness (QED) is 0.189. The molecule has 4 aromatic rings. The Kier molecular flexibility index (Phi) is 9.33. The molecule has 0 aliphatic carbocycles. The van der Waals surface area contributed by atoms with E-state index in [0.29, 0.717) is 23.5 Å². The molecule has 4 aromatic carbocycles. The molecule has 0 aliphatic heterocycles. The molecule has 2 N–H and O–H groups in total. The largest absolute Gasteiger partial charge is 0.457 e. The van der Waals surface area contributed by atoms with Crippen LogP contribution in [0.5, 0.6) is 11.5 Å². The van der Waals surface area contributed by atoms with Gasteiger partial charge >= 0.3 is 5.97 Å². The summed E-state index contributed by atoms with van der Waals surface area (Å²) in [5.74, 6) is 0.217. The van der Waals surface area contributed by atoms with Gasteiger partial charge in [0.25, 0.3) is 5.91 Å². The second-order valence-corrected chi connectivity index (χ2v) is 9.95. The van der Waals surface area contributed by atoms with E-state index in [-0.39, 0.29) is 25.4 Å². The third kappa shape index (κ3) is 7.91. The fourth-order valence-corrected chi connectivity index (χ4v) is 4.35. The zero-order chi connectivity index (χ0) is 27.8. The molecule has 39 heavy (non-hydrogen) atoms. The molecule has 0 saturated heterocycles. The minimum atomic E-state index is -0.531. The molecule has 4 rings (SSSR count). The average Bonchev–Trinajstić information content (AvgIpc) is 2.93. The van der Waals surface area contributed by atoms with Crippen LogP contribution in [0.3, 0.4) is 0 Å². The number of esters is 1. The Morgan fingerprint density at radius 2 is 1.46 bits per heavy atom. The van der Waals surface area contributed by atoms with Crippen LogP contribution in [0.25, 0.3) is 10.8 Å². The monoisotopic (exact) mass is 588 g/mol. The molecule has 0 aliphatic rings. The van der Waals surface area contributed by atoms with E-state index < -0.39 is 11.9 Å². The molecule has 0 atom stereocenters. The number of carbonyl (C=O) groups is 3. The Morgan fingerprint density at radius 3 is 2.23 bits per heavy atom. The van der Waals surface area contributed by atoms with Crippen molar-refractivity contribution >= 4 is 55.9 Å². The molecule has 0 unspecified atom stereocenters. The van der Waals surface area contributed by atoms with Crippen LogP contribution in [-0.4, -0.2) is 24.4 Å². The molecule has 0 saturated carbocycles. The van der Waals surface area contributed by atoms with Crippen LogP contribution < -0.4 is 15.4 Å². The molecule has 0 heterocycles. The Hall–Kier alpha value is -4.17. The van der Waals surface area contributed by atoms with Gasteiger partial charge in [0.1, 0.15) is 11.5 Å². The van der Waals surface area contributed by atoms with Gasteiger partial charge in [-0.3, -0.25) is 14.4 Å². The number of hydrogen-bond acceptors (Lipinski definition) is 5. The lowest BCUT2D eigenvalue weighted by Gasteiger charge is -2.12. The topological polar surface area (TPSA) is 93.7 Å². The summed E-state index contributed by atoms with van der Waals surface area (Å²) in [6.45, 7) is 3.47. The number of nitrogens with one attached hydrogen (secondary N) is 2. The summed E-state index contributed by atoms with van der Waals surface area (Å²) in [7, 11) is 0. The molecular weight excluding hydrogens is 560 g/mol. The van der Waals surface area contributed by atoms with Gasteiger partial charge in [0, 0.05) is 28.7 Å². The van der Waals surface area contributed by atoms with Crippen molar-refractivity contribution in [3.8, 4) is 11.5 Å². The van der Waals surface area contributed by atoms with Crippen molar-refractivity contribution in [2.45, 2.75) is 33.1 Å². The van der Waals surface area contributed by atoms with Crippen molar-refractivity contribution in [1.29, 1.82) is 0 Å². The third-order valence-electron chi connectivity index (χ3n) is 6.24. The van der Waals surface area contributed by atoms with Crippen molar-refractivity contribution in [3.05, 3.63) is 94.5 Å². The third-order valence-corrected chi connectivity index (χ3v) is 7.10. The lowest BCUT2D eigenvalue weighted by Crippen LogP contribution is -2.21. The molecule has 200 valence electrons. The Morgan fingerprint density at radius 1 is 0.744 bits per heavy atom. The lowest BCUT2D eigenvalue weighted by molar-refractivity contribution is -0.147. The highest BCUT2D eigenvalue weighted by atomic mass is 79.9. The molecular formula is C31H29BrN2O5. The van der Waals surface area contributed by atoms with E-state index in [1.165, 1.54) is 0 Å². The number of hydrogen-bond donors (Lipinski definition) is 2. The molecule has 0 radical (unpaired) electrons. The van der Waals surface area contributed by atoms with Gasteiger partial charge in [-0.25, -0.2) is 0 Å². The van der Waals surface area contributed by atoms with Crippen LogP contribution in [0.1, 0.15) is 30.4 Å². The smallest absolute Gasteiger partial charge is 0.306 e. The van der Waals surface area contributed by atoms with Gasteiger partial charge in [-0.2, -0.15) is 0 Å². The summed E-state index contributed by atoms with van der Waals surface area (Å²) in [6, 6.07) is 24.7. The molecule has 0 spiro atoms. The normalized spacial score (nSPS) is 10.6. The SMILES string of the molecule is Cc1c(Br)ccc(NC(=O)COC(=O)CCCC(=O)Nc2ccc(Oc3ccc4ccccc4c3)cc2)c1C. The predicted octanol–water partition coefficient (Wildman–Crippen LogP) is 7.30. The van der Waals surface area contributed by atoms with E-state index in [9.17, 15) is 14.4 Å². The van der Waals surface area contributed by atoms with Gasteiger partial charge in [0.2, 0.25) is 5.91 Å². The van der Waals surface area contributed by atoms with E-state index in [4.69, 9.17) is 9.47 Å². The highest BCUT2D eigenvalue weighted by molar-refractivity contribution is 9.10. The standard InChI is InChI=1S/C31H29BrN2O5/c1-20-21(2)28(17-16-27(20)32)34-30(36)19-38-31(37)9-5-8-29(35)33-24-11-14-25(15-12-24)39-26-13-10-22-6-3-4-7-23(22)18-26/h3-4,6-7,10-18H,5,8-9,19H2,1-2H3,(H,33,35)(H,34,36). The van der Waals surface area contributed by atoms with Crippen LogP contribution >= 0.6 is 15.9 Å². The highest BCUT2D eigenvalue weighted by Gasteiger charge is 2.12. The maximum Gasteiger partial charge on any atom is 0.306 e. The van der Waals surface area contributed by atoms with Crippen LogP contribution in [0.2, 0.25) is 0 Å². The van der Waals surface area contributed by atoms with Gasteiger partial charge < -0.3 is 20.1 Å². The number of carbonyl (C=O) groups excluding carboxylic acids is 3. The van der Waals surface area contributed by atoms with Crippen LogP contribution in [0.15, 0.2) is 83.3 Å². The van der Waals surface area contributed by atoms with Crippen molar-refractivity contribution in [2.24, 2.45) is 0 Å². The Labute approximate surface area is 235 Å². The Bertz CT molecular complexity index is 1500. The van der Waals surface area contributed by atoms with E-state index in [1.807, 2.05) is 62.4 Å². The second-order valence-electron chi connectivity index (χ2n) is 9.09. The van der Waals surface area contributed by atoms with Crippen molar-refractivity contribution in [1.82, 2.24) is 0 Å². The highest BCUT2D eigenvalue weighted by Crippen LogP contribution is 2.27. The summed E-state index contributed by atoms with van der Waals surface area (Å²) < 4.78 is 11.9. The average molecular weight is 589 g/mol. The Balaban J connectivity index is 1.15. The fourth-order valence-electron chi connectivity index (χ4n) is 3.92.